The summed E-state index contributed by atoms with van der Waals surface area (Å²) in [7, 11) is 0. The van der Waals surface area contributed by atoms with Gasteiger partial charge in [0.1, 0.15) is 0 Å². The van der Waals surface area contributed by atoms with Crippen LogP contribution in [-0.4, -0.2) is 72.0 Å². The van der Waals surface area contributed by atoms with Crippen molar-refractivity contribution in [2.45, 2.75) is 25.8 Å². The van der Waals surface area contributed by atoms with Gasteiger partial charge >= 0.3 is 0 Å². The number of likely N-dealkylation sites (tertiary alicyclic amines) is 2. The van der Waals surface area contributed by atoms with E-state index in [4.69, 9.17) is 0 Å². The molecule has 0 spiro atoms. The first-order valence-electron chi connectivity index (χ1n) is 6.96. The second kappa shape index (κ2) is 6.14. The van der Waals surface area contributed by atoms with Crippen molar-refractivity contribution in [1.82, 2.24) is 9.80 Å². The summed E-state index contributed by atoms with van der Waals surface area (Å²) in [5.41, 5.74) is 0. The molecule has 0 aromatic heterocycles. The first-order valence-corrected chi connectivity index (χ1v) is 6.96. The van der Waals surface area contributed by atoms with E-state index in [-0.39, 0.29) is 19.3 Å². The van der Waals surface area contributed by atoms with Crippen molar-refractivity contribution in [1.29, 1.82) is 0 Å². The molecule has 2 aliphatic heterocycles. The Morgan fingerprint density at radius 3 is 2.41 bits per heavy atom. The van der Waals surface area contributed by atoms with Crippen molar-refractivity contribution in [2.24, 2.45) is 11.8 Å². The van der Waals surface area contributed by atoms with Crippen LogP contribution in [0.2, 0.25) is 0 Å². The molecule has 0 bridgehead atoms. The minimum Gasteiger partial charge on any atom is -0.395 e. The highest BCUT2D eigenvalue weighted by molar-refractivity contribution is 4.89. The Bertz CT molecular complexity index is 227. The Balaban J connectivity index is 1.81. The highest BCUT2D eigenvalue weighted by atomic mass is 16.3. The molecular weight excluding hydrogens is 216 g/mol. The summed E-state index contributed by atoms with van der Waals surface area (Å²) in [5, 5.41) is 18.5. The van der Waals surface area contributed by atoms with Crippen molar-refractivity contribution in [2.75, 3.05) is 45.9 Å². The Kier molecular flexibility index (Phi) is 4.79. The molecule has 4 heteroatoms. The number of aliphatic hydroxyl groups is 2. The van der Waals surface area contributed by atoms with E-state index in [0.717, 1.165) is 24.9 Å². The molecule has 0 saturated carbocycles. The maximum absolute atomic E-state index is 9.24. The van der Waals surface area contributed by atoms with Crippen molar-refractivity contribution >= 4 is 0 Å². The predicted molar refractivity (Wildman–Crippen MR) is 67.9 cm³/mol. The van der Waals surface area contributed by atoms with E-state index < -0.39 is 0 Å². The first kappa shape index (κ1) is 13.3. The fourth-order valence-electron chi connectivity index (χ4n) is 3.21. The van der Waals surface area contributed by atoms with Crippen LogP contribution >= 0.6 is 0 Å². The molecular formula is C13H26N2O2. The van der Waals surface area contributed by atoms with Crippen molar-refractivity contribution in [3.05, 3.63) is 0 Å². The number of hydrogen-bond donors (Lipinski definition) is 2. The third kappa shape index (κ3) is 2.99. The average Bonchev–Trinajstić information content (AvgIpc) is 2.30. The largest absolute Gasteiger partial charge is 0.395 e. The van der Waals surface area contributed by atoms with Gasteiger partial charge in [-0.05, 0) is 37.8 Å². The molecule has 2 heterocycles. The third-order valence-electron chi connectivity index (χ3n) is 4.53. The maximum Gasteiger partial charge on any atom is 0.0609 e. The van der Waals surface area contributed by atoms with Gasteiger partial charge in [0.2, 0.25) is 0 Å². The van der Waals surface area contributed by atoms with Gasteiger partial charge in [-0.15, -0.1) is 0 Å². The van der Waals surface area contributed by atoms with Gasteiger partial charge in [-0.25, -0.2) is 0 Å². The molecule has 1 unspecified atom stereocenters. The molecule has 2 fully saturated rings. The van der Waals surface area contributed by atoms with Crippen LogP contribution in [0.4, 0.5) is 0 Å². The van der Waals surface area contributed by atoms with E-state index in [9.17, 15) is 10.2 Å². The summed E-state index contributed by atoms with van der Waals surface area (Å²) in [6.07, 6.45) is 2.53. The molecule has 1 atom stereocenters. The highest BCUT2D eigenvalue weighted by Gasteiger charge is 2.36. The fraction of sp³-hybridized carbons (Fsp3) is 1.00. The van der Waals surface area contributed by atoms with E-state index in [1.807, 2.05) is 0 Å². The smallest absolute Gasteiger partial charge is 0.0609 e. The van der Waals surface area contributed by atoms with Gasteiger partial charge in [0.05, 0.1) is 19.3 Å². The third-order valence-corrected chi connectivity index (χ3v) is 4.53. The average molecular weight is 242 g/mol. The Morgan fingerprint density at radius 2 is 1.82 bits per heavy atom. The number of piperidine rings is 1. The molecule has 2 saturated heterocycles. The molecule has 0 radical (unpaired) electrons. The number of rotatable bonds is 5. The number of nitrogens with zero attached hydrogens (tertiary/aromatic N) is 2. The molecule has 100 valence electrons. The van der Waals surface area contributed by atoms with Crippen LogP contribution in [0.3, 0.4) is 0 Å². The second-order valence-electron chi connectivity index (χ2n) is 5.53. The highest BCUT2D eigenvalue weighted by Crippen LogP contribution is 2.31. The number of aliphatic hydroxyl groups excluding tert-OH is 2. The Morgan fingerprint density at radius 1 is 1.12 bits per heavy atom. The van der Waals surface area contributed by atoms with Gasteiger partial charge in [-0.3, -0.25) is 4.90 Å². The summed E-state index contributed by atoms with van der Waals surface area (Å²) in [6, 6.07) is -0.0415. The summed E-state index contributed by atoms with van der Waals surface area (Å²) in [6.45, 7) is 8.14. The monoisotopic (exact) mass is 242 g/mol. The first-order chi connectivity index (χ1) is 8.28. The zero-order valence-electron chi connectivity index (χ0n) is 10.9. The lowest BCUT2D eigenvalue weighted by Crippen LogP contribution is -2.55. The lowest BCUT2D eigenvalue weighted by atomic mass is 9.80. The van der Waals surface area contributed by atoms with Crippen molar-refractivity contribution in [3.8, 4) is 0 Å². The van der Waals surface area contributed by atoms with Gasteiger partial charge in [0.25, 0.3) is 0 Å². The molecule has 2 rings (SSSR count). The summed E-state index contributed by atoms with van der Waals surface area (Å²) < 4.78 is 0. The van der Waals surface area contributed by atoms with E-state index in [0.29, 0.717) is 0 Å². The molecule has 2 N–H and O–H groups in total. The Labute approximate surface area is 104 Å². The Hall–Kier alpha value is -0.160. The second-order valence-corrected chi connectivity index (χ2v) is 5.53. The van der Waals surface area contributed by atoms with E-state index >= 15 is 0 Å². The van der Waals surface area contributed by atoms with Crippen LogP contribution in [0.25, 0.3) is 0 Å². The van der Waals surface area contributed by atoms with Gasteiger partial charge < -0.3 is 15.1 Å². The van der Waals surface area contributed by atoms with Crippen molar-refractivity contribution < 1.29 is 10.2 Å². The standard InChI is InChI=1S/C13H26N2O2/c1-2-14-6-12(7-14)11-4-3-5-15(8-11)13(9-16)10-17/h11-13,16-17H,2-10H2,1H3. The van der Waals surface area contributed by atoms with Crippen molar-refractivity contribution in [3.63, 3.8) is 0 Å². The van der Waals surface area contributed by atoms with E-state index in [1.165, 1.54) is 32.5 Å². The summed E-state index contributed by atoms with van der Waals surface area (Å²) in [4.78, 5) is 4.77. The van der Waals surface area contributed by atoms with Crippen LogP contribution in [0.5, 0.6) is 0 Å². The van der Waals surface area contributed by atoms with Crippen LogP contribution < -0.4 is 0 Å². The summed E-state index contributed by atoms with van der Waals surface area (Å²) in [5.74, 6) is 1.61. The molecule has 4 nitrogen and oxygen atoms in total. The topological polar surface area (TPSA) is 46.9 Å². The number of hydrogen-bond acceptors (Lipinski definition) is 4. The quantitative estimate of drug-likeness (QED) is 0.712. The van der Waals surface area contributed by atoms with Gasteiger partial charge in [0, 0.05) is 19.6 Å². The SMILES string of the molecule is CCN1CC(C2CCCN(C(CO)CO)C2)C1. The van der Waals surface area contributed by atoms with Crippen LogP contribution in [0.15, 0.2) is 0 Å². The van der Waals surface area contributed by atoms with Crippen LogP contribution in [0, 0.1) is 11.8 Å². The molecule has 2 aliphatic rings. The normalized spacial score (nSPS) is 28.6. The maximum atomic E-state index is 9.24. The molecule has 0 amide bonds. The molecule has 17 heavy (non-hydrogen) atoms. The minimum absolute atomic E-state index is 0.0415. The van der Waals surface area contributed by atoms with E-state index in [2.05, 4.69) is 16.7 Å². The van der Waals surface area contributed by atoms with Gasteiger partial charge in [-0.1, -0.05) is 6.92 Å². The molecule has 0 aliphatic carbocycles. The van der Waals surface area contributed by atoms with Gasteiger partial charge in [-0.2, -0.15) is 0 Å². The van der Waals surface area contributed by atoms with Gasteiger partial charge in [0.15, 0.2) is 0 Å². The molecule has 0 aromatic carbocycles. The zero-order valence-corrected chi connectivity index (χ0v) is 10.9. The molecule has 0 aromatic rings. The van der Waals surface area contributed by atoms with E-state index in [1.54, 1.807) is 0 Å². The zero-order chi connectivity index (χ0) is 12.3. The summed E-state index contributed by atoms with van der Waals surface area (Å²) >= 11 is 0. The lowest BCUT2D eigenvalue weighted by Gasteiger charge is -2.47. The minimum atomic E-state index is -0.0415. The predicted octanol–water partition coefficient (Wildman–Crippen LogP) is 0.00330. The fourth-order valence-corrected chi connectivity index (χ4v) is 3.21. The van der Waals surface area contributed by atoms with Crippen LogP contribution in [-0.2, 0) is 0 Å². The lowest BCUT2D eigenvalue weighted by molar-refractivity contribution is -0.00594. The van der Waals surface area contributed by atoms with Crippen LogP contribution in [0.1, 0.15) is 19.8 Å².